The van der Waals surface area contributed by atoms with Crippen molar-refractivity contribution in [1.82, 2.24) is 9.97 Å². The average Bonchev–Trinajstić information content (AvgIpc) is 2.67. The Labute approximate surface area is 157 Å². The van der Waals surface area contributed by atoms with Crippen molar-refractivity contribution in [2.75, 3.05) is 6.61 Å². The SMILES string of the molecule is CCCCCCCCCCOc1cnc(-c2ccc(C(C)F)cc2)nc1. The van der Waals surface area contributed by atoms with Gasteiger partial charge in [0.05, 0.1) is 19.0 Å². The van der Waals surface area contributed by atoms with Crippen molar-refractivity contribution in [3.05, 3.63) is 42.2 Å². The van der Waals surface area contributed by atoms with E-state index >= 15 is 0 Å². The van der Waals surface area contributed by atoms with Gasteiger partial charge in [-0.1, -0.05) is 76.1 Å². The number of hydrogen-bond donors (Lipinski definition) is 0. The molecule has 0 aliphatic carbocycles. The smallest absolute Gasteiger partial charge is 0.159 e. The van der Waals surface area contributed by atoms with Gasteiger partial charge in [0.15, 0.2) is 11.6 Å². The zero-order chi connectivity index (χ0) is 18.6. The quantitative estimate of drug-likeness (QED) is 0.396. The molecule has 0 N–H and O–H groups in total. The first-order valence-corrected chi connectivity index (χ1v) is 9.90. The van der Waals surface area contributed by atoms with Crippen LogP contribution in [0.3, 0.4) is 0 Å². The highest BCUT2D eigenvalue weighted by atomic mass is 19.1. The van der Waals surface area contributed by atoms with Crippen LogP contribution in [-0.4, -0.2) is 16.6 Å². The van der Waals surface area contributed by atoms with E-state index in [2.05, 4.69) is 16.9 Å². The molecule has 26 heavy (non-hydrogen) atoms. The van der Waals surface area contributed by atoms with Crippen LogP contribution >= 0.6 is 0 Å². The Morgan fingerprint density at radius 1 is 0.885 bits per heavy atom. The molecule has 2 aromatic rings. The lowest BCUT2D eigenvalue weighted by atomic mass is 10.1. The second kappa shape index (κ2) is 11.6. The second-order valence-electron chi connectivity index (χ2n) is 6.80. The van der Waals surface area contributed by atoms with Gasteiger partial charge in [0.1, 0.15) is 6.17 Å². The van der Waals surface area contributed by atoms with Gasteiger partial charge in [-0.2, -0.15) is 0 Å². The molecule has 1 aromatic heterocycles. The molecular weight excluding hydrogens is 327 g/mol. The summed E-state index contributed by atoms with van der Waals surface area (Å²) in [5.41, 5.74) is 1.54. The topological polar surface area (TPSA) is 35.0 Å². The lowest BCUT2D eigenvalue weighted by Gasteiger charge is -2.07. The predicted molar refractivity (Wildman–Crippen MR) is 105 cm³/mol. The van der Waals surface area contributed by atoms with Gasteiger partial charge in [-0.15, -0.1) is 0 Å². The zero-order valence-electron chi connectivity index (χ0n) is 16.1. The largest absolute Gasteiger partial charge is 0.490 e. The summed E-state index contributed by atoms with van der Waals surface area (Å²) in [6.07, 6.45) is 12.7. The fraction of sp³-hybridized carbons (Fsp3) is 0.545. The summed E-state index contributed by atoms with van der Waals surface area (Å²) in [4.78, 5) is 8.70. The van der Waals surface area contributed by atoms with Crippen LogP contribution in [0.4, 0.5) is 4.39 Å². The second-order valence-corrected chi connectivity index (χ2v) is 6.80. The minimum absolute atomic E-state index is 0.627. The minimum Gasteiger partial charge on any atom is -0.490 e. The molecule has 2 rings (SSSR count). The fourth-order valence-corrected chi connectivity index (χ4v) is 2.86. The summed E-state index contributed by atoms with van der Waals surface area (Å²) in [6.45, 7) is 4.49. The van der Waals surface area contributed by atoms with Gasteiger partial charge in [-0.05, 0) is 18.9 Å². The van der Waals surface area contributed by atoms with E-state index in [9.17, 15) is 4.39 Å². The minimum atomic E-state index is -0.961. The van der Waals surface area contributed by atoms with Crippen molar-refractivity contribution < 1.29 is 9.13 Å². The first-order valence-electron chi connectivity index (χ1n) is 9.90. The van der Waals surface area contributed by atoms with Crippen LogP contribution in [0.15, 0.2) is 36.7 Å². The fourth-order valence-electron chi connectivity index (χ4n) is 2.86. The monoisotopic (exact) mass is 358 g/mol. The highest BCUT2D eigenvalue weighted by molar-refractivity contribution is 5.55. The summed E-state index contributed by atoms with van der Waals surface area (Å²) in [5, 5.41) is 0. The van der Waals surface area contributed by atoms with Crippen molar-refractivity contribution in [3.8, 4) is 17.1 Å². The molecule has 4 heteroatoms. The molecule has 0 amide bonds. The summed E-state index contributed by atoms with van der Waals surface area (Å²) in [6, 6.07) is 7.25. The Morgan fingerprint density at radius 3 is 2.04 bits per heavy atom. The Hall–Kier alpha value is -1.97. The van der Waals surface area contributed by atoms with E-state index < -0.39 is 6.17 Å². The number of alkyl halides is 1. The Bertz CT molecular complexity index is 611. The molecule has 0 fully saturated rings. The number of ether oxygens (including phenoxy) is 1. The van der Waals surface area contributed by atoms with E-state index in [-0.39, 0.29) is 0 Å². The summed E-state index contributed by atoms with van der Waals surface area (Å²) >= 11 is 0. The first-order chi connectivity index (χ1) is 12.7. The molecule has 1 atom stereocenters. The molecule has 0 aliphatic rings. The Morgan fingerprint density at radius 2 is 1.46 bits per heavy atom. The van der Waals surface area contributed by atoms with E-state index in [0.29, 0.717) is 23.7 Å². The standard InChI is InChI=1S/C22H31FN2O/c1-3-4-5-6-7-8-9-10-15-26-21-16-24-22(25-17-21)20-13-11-19(12-14-20)18(2)23/h11-14,16-18H,3-10,15H2,1-2H3. The molecule has 0 saturated heterocycles. The van der Waals surface area contributed by atoms with Crippen molar-refractivity contribution in [3.63, 3.8) is 0 Å². The van der Waals surface area contributed by atoms with Crippen molar-refractivity contribution in [2.45, 2.75) is 71.4 Å². The summed E-state index contributed by atoms with van der Waals surface area (Å²) in [5.74, 6) is 1.33. The third kappa shape index (κ3) is 7.11. The van der Waals surface area contributed by atoms with Gasteiger partial charge in [-0.3, -0.25) is 0 Å². The third-order valence-electron chi connectivity index (χ3n) is 4.52. The van der Waals surface area contributed by atoms with Gasteiger partial charge >= 0.3 is 0 Å². The number of halogens is 1. The van der Waals surface area contributed by atoms with E-state index in [1.54, 1.807) is 24.5 Å². The lowest BCUT2D eigenvalue weighted by molar-refractivity contribution is 0.302. The van der Waals surface area contributed by atoms with Crippen LogP contribution < -0.4 is 4.74 Å². The zero-order valence-corrected chi connectivity index (χ0v) is 16.1. The number of benzene rings is 1. The maximum Gasteiger partial charge on any atom is 0.159 e. The number of hydrogen-bond acceptors (Lipinski definition) is 3. The van der Waals surface area contributed by atoms with E-state index in [1.165, 1.54) is 51.9 Å². The van der Waals surface area contributed by atoms with Crippen LogP contribution in [0.1, 0.15) is 76.9 Å². The van der Waals surface area contributed by atoms with Gasteiger partial charge in [0, 0.05) is 5.56 Å². The number of unbranched alkanes of at least 4 members (excludes halogenated alkanes) is 7. The first kappa shape index (κ1) is 20.3. The number of rotatable bonds is 12. The average molecular weight is 359 g/mol. The van der Waals surface area contributed by atoms with Gasteiger partial charge in [0.2, 0.25) is 0 Å². The van der Waals surface area contributed by atoms with E-state index in [1.807, 2.05) is 12.1 Å². The Kier molecular flexibility index (Phi) is 9.08. The molecule has 0 radical (unpaired) electrons. The number of aromatic nitrogens is 2. The van der Waals surface area contributed by atoms with Gasteiger partial charge < -0.3 is 4.74 Å². The molecule has 0 spiro atoms. The maximum absolute atomic E-state index is 13.2. The van der Waals surface area contributed by atoms with Gasteiger partial charge in [-0.25, -0.2) is 14.4 Å². The predicted octanol–water partition coefficient (Wildman–Crippen LogP) is 6.69. The molecule has 0 saturated carbocycles. The molecule has 1 unspecified atom stereocenters. The van der Waals surface area contributed by atoms with Gasteiger partial charge in [0.25, 0.3) is 0 Å². The molecule has 3 nitrogen and oxygen atoms in total. The normalized spacial score (nSPS) is 12.1. The van der Waals surface area contributed by atoms with Crippen molar-refractivity contribution >= 4 is 0 Å². The van der Waals surface area contributed by atoms with E-state index in [4.69, 9.17) is 4.74 Å². The van der Waals surface area contributed by atoms with Crippen molar-refractivity contribution in [1.29, 1.82) is 0 Å². The van der Waals surface area contributed by atoms with Crippen molar-refractivity contribution in [2.24, 2.45) is 0 Å². The van der Waals surface area contributed by atoms with Crippen LogP contribution in [0, 0.1) is 0 Å². The molecule has 1 heterocycles. The van der Waals surface area contributed by atoms with Crippen LogP contribution in [-0.2, 0) is 0 Å². The van der Waals surface area contributed by atoms with Crippen LogP contribution in [0.25, 0.3) is 11.4 Å². The van der Waals surface area contributed by atoms with Crippen LogP contribution in [0.5, 0.6) is 5.75 Å². The molecule has 0 bridgehead atoms. The van der Waals surface area contributed by atoms with Crippen LogP contribution in [0.2, 0.25) is 0 Å². The summed E-state index contributed by atoms with van der Waals surface area (Å²) in [7, 11) is 0. The summed E-state index contributed by atoms with van der Waals surface area (Å²) < 4.78 is 19.0. The lowest BCUT2D eigenvalue weighted by Crippen LogP contribution is -1.99. The highest BCUT2D eigenvalue weighted by Gasteiger charge is 2.05. The molecule has 1 aromatic carbocycles. The molecular formula is C22H31FN2O. The molecule has 142 valence electrons. The highest BCUT2D eigenvalue weighted by Crippen LogP contribution is 2.21. The molecule has 0 aliphatic heterocycles. The maximum atomic E-state index is 13.2. The Balaban J connectivity index is 1.67. The number of nitrogens with zero attached hydrogens (tertiary/aromatic N) is 2. The van der Waals surface area contributed by atoms with E-state index in [0.717, 1.165) is 12.0 Å². The third-order valence-corrected chi connectivity index (χ3v) is 4.52.